The lowest BCUT2D eigenvalue weighted by molar-refractivity contribution is 0.351. The van der Waals surface area contributed by atoms with Crippen LogP contribution >= 0.6 is 0 Å². The van der Waals surface area contributed by atoms with Crippen molar-refractivity contribution in [3.8, 4) is 11.5 Å². The molecule has 33 heavy (non-hydrogen) atoms. The number of para-hydroxylation sites is 3. The van der Waals surface area contributed by atoms with Crippen LogP contribution in [0.3, 0.4) is 0 Å². The number of rotatable bonds is 1. The second kappa shape index (κ2) is 10.1. The highest BCUT2D eigenvalue weighted by Gasteiger charge is 2.24. The topological polar surface area (TPSA) is 102 Å². The molecule has 0 amide bonds. The van der Waals surface area contributed by atoms with Gasteiger partial charge >= 0.3 is 0 Å². The second-order valence-corrected chi connectivity index (χ2v) is 8.92. The van der Waals surface area contributed by atoms with Crippen LogP contribution in [0.4, 0.5) is 11.4 Å². The third-order valence-electron chi connectivity index (χ3n) is 4.68. The van der Waals surface area contributed by atoms with E-state index >= 15 is 0 Å². The number of amidine groups is 1. The Hall–Kier alpha value is -3.98. The average Bonchev–Trinajstić information content (AvgIpc) is 2.83. The van der Waals surface area contributed by atoms with Gasteiger partial charge in [-0.05, 0) is 55.5 Å². The zero-order valence-electron chi connectivity index (χ0n) is 17.9. The number of sulfone groups is 1. The van der Waals surface area contributed by atoms with E-state index in [2.05, 4.69) is 20.8 Å². The van der Waals surface area contributed by atoms with Crippen LogP contribution in [0.2, 0.25) is 0 Å². The van der Waals surface area contributed by atoms with E-state index < -0.39 is 15.0 Å². The molecule has 3 aromatic rings. The molecule has 0 saturated carbocycles. The summed E-state index contributed by atoms with van der Waals surface area (Å²) >= 11 is 0. The Kier molecular flexibility index (Phi) is 6.80. The molecule has 1 aliphatic rings. The molecule has 0 spiro atoms. The maximum Gasteiger partial charge on any atom is 0.289 e. The van der Waals surface area contributed by atoms with Crippen LogP contribution in [0.25, 0.3) is 0 Å². The van der Waals surface area contributed by atoms with Gasteiger partial charge in [0, 0.05) is 0 Å². The number of anilines is 1. The Morgan fingerprint density at radius 2 is 1.42 bits per heavy atom. The summed E-state index contributed by atoms with van der Waals surface area (Å²) in [4.78, 5) is 0.0591. The molecule has 3 aromatic carbocycles. The molecule has 1 aliphatic heterocycles. The number of nitrogens with one attached hydrogen (secondary N) is 1. The quantitative estimate of drug-likeness (QED) is 0.497. The van der Waals surface area contributed by atoms with E-state index in [4.69, 9.17) is 9.47 Å². The lowest BCUT2D eigenvalue weighted by Gasteiger charge is -2.10. The van der Waals surface area contributed by atoms with Crippen molar-refractivity contribution in [3.05, 3.63) is 90.5 Å². The molecule has 0 aliphatic carbocycles. The van der Waals surface area contributed by atoms with Gasteiger partial charge in [0.05, 0.1) is 10.6 Å². The van der Waals surface area contributed by atoms with E-state index in [-0.39, 0.29) is 4.90 Å². The van der Waals surface area contributed by atoms with E-state index in [1.807, 2.05) is 25.1 Å². The van der Waals surface area contributed by atoms with Crippen LogP contribution < -0.4 is 14.9 Å². The monoisotopic (exact) mass is 462 g/mol. The van der Waals surface area contributed by atoms with Crippen molar-refractivity contribution in [3.63, 3.8) is 0 Å². The molecule has 0 aromatic heterocycles. The molecule has 0 unspecified atom stereocenters. The van der Waals surface area contributed by atoms with E-state index in [0.717, 1.165) is 5.56 Å². The van der Waals surface area contributed by atoms with Gasteiger partial charge in [-0.3, -0.25) is 5.43 Å². The first kappa shape index (κ1) is 22.2. The molecule has 0 fully saturated rings. The fourth-order valence-electron chi connectivity index (χ4n) is 2.92. The van der Waals surface area contributed by atoms with Gasteiger partial charge in [-0.25, -0.2) is 8.42 Å². The van der Waals surface area contributed by atoms with E-state index in [1.165, 1.54) is 12.1 Å². The molecule has 1 heterocycles. The highest BCUT2D eigenvalue weighted by molar-refractivity contribution is 8.06. The Labute approximate surface area is 192 Å². The molecular formula is C24H22N4O4S. The number of aryl methyl sites for hydroxylation is 1. The fourth-order valence-corrected chi connectivity index (χ4v) is 3.94. The van der Waals surface area contributed by atoms with Gasteiger partial charge < -0.3 is 9.47 Å². The third kappa shape index (κ3) is 5.45. The largest absolute Gasteiger partial charge is 0.487 e. The highest BCUT2D eigenvalue weighted by atomic mass is 32.2. The van der Waals surface area contributed by atoms with Crippen molar-refractivity contribution in [2.24, 2.45) is 15.3 Å². The number of ether oxygens (including phenoxy) is 2. The number of hydrazone groups is 1. The van der Waals surface area contributed by atoms with Crippen molar-refractivity contribution in [1.82, 2.24) is 0 Å². The summed E-state index contributed by atoms with van der Waals surface area (Å²) in [6.45, 7) is 2.47. The first-order valence-corrected chi connectivity index (χ1v) is 11.7. The number of fused-ring (bicyclic) bond motifs is 2. The summed E-state index contributed by atoms with van der Waals surface area (Å²) in [7, 11) is -4.06. The minimum absolute atomic E-state index is 0.0591. The molecule has 0 bridgehead atoms. The van der Waals surface area contributed by atoms with Crippen LogP contribution in [0.5, 0.6) is 11.5 Å². The molecule has 4 rings (SSSR count). The normalized spacial score (nSPS) is 16.8. The second-order valence-electron chi connectivity index (χ2n) is 7.08. The van der Waals surface area contributed by atoms with Crippen LogP contribution in [0.1, 0.15) is 5.56 Å². The van der Waals surface area contributed by atoms with Gasteiger partial charge in [-0.1, -0.05) is 42.0 Å². The molecule has 0 radical (unpaired) electrons. The SMILES string of the molecule is Cc1ccc(S(=O)(=O)/C2=N/Nc3ccccc3OC/C=C/COc3ccccc3N=N2)cc1. The van der Waals surface area contributed by atoms with Gasteiger partial charge in [0.15, 0.2) is 0 Å². The summed E-state index contributed by atoms with van der Waals surface area (Å²) in [5.41, 5.74) is 4.57. The first-order chi connectivity index (χ1) is 16.0. The maximum absolute atomic E-state index is 13.3. The lowest BCUT2D eigenvalue weighted by Crippen LogP contribution is -2.15. The average molecular weight is 463 g/mol. The van der Waals surface area contributed by atoms with Crippen molar-refractivity contribution in [2.45, 2.75) is 11.8 Å². The summed E-state index contributed by atoms with van der Waals surface area (Å²) in [6, 6.07) is 20.5. The third-order valence-corrected chi connectivity index (χ3v) is 6.22. The molecular weight excluding hydrogens is 440 g/mol. The van der Waals surface area contributed by atoms with Crippen molar-refractivity contribution < 1.29 is 17.9 Å². The fraction of sp³-hybridized carbons (Fsp3) is 0.125. The Morgan fingerprint density at radius 3 is 2.18 bits per heavy atom. The number of azo groups is 1. The van der Waals surface area contributed by atoms with Gasteiger partial charge in [-0.15, -0.1) is 15.3 Å². The van der Waals surface area contributed by atoms with Crippen LogP contribution in [0.15, 0.2) is 105 Å². The molecule has 0 atom stereocenters. The van der Waals surface area contributed by atoms with Crippen molar-refractivity contribution in [2.75, 3.05) is 18.6 Å². The first-order valence-electron chi connectivity index (χ1n) is 10.2. The minimum Gasteiger partial charge on any atom is -0.487 e. The van der Waals surface area contributed by atoms with E-state index in [9.17, 15) is 8.42 Å². The molecule has 1 N–H and O–H groups in total. The Morgan fingerprint density at radius 1 is 0.788 bits per heavy atom. The van der Waals surface area contributed by atoms with Crippen LogP contribution in [-0.2, 0) is 9.84 Å². The van der Waals surface area contributed by atoms with Gasteiger partial charge in [0.25, 0.3) is 5.17 Å². The maximum atomic E-state index is 13.3. The van der Waals surface area contributed by atoms with Crippen LogP contribution in [-0.4, -0.2) is 26.8 Å². The molecule has 9 heteroatoms. The number of benzene rings is 3. The van der Waals surface area contributed by atoms with Gasteiger partial charge in [-0.2, -0.15) is 0 Å². The highest BCUT2D eigenvalue weighted by Crippen LogP contribution is 2.29. The predicted octanol–water partition coefficient (Wildman–Crippen LogP) is 5.26. The zero-order valence-corrected chi connectivity index (χ0v) is 18.7. The van der Waals surface area contributed by atoms with Crippen molar-refractivity contribution in [1.29, 1.82) is 0 Å². The van der Waals surface area contributed by atoms with Gasteiger partial charge in [0.2, 0.25) is 9.84 Å². The van der Waals surface area contributed by atoms with Crippen LogP contribution in [0, 0.1) is 6.92 Å². The summed E-state index contributed by atoms with van der Waals surface area (Å²) < 4.78 is 38.2. The number of nitrogens with zero attached hydrogens (tertiary/aromatic N) is 3. The summed E-state index contributed by atoms with van der Waals surface area (Å²) in [6.07, 6.45) is 3.66. The lowest BCUT2D eigenvalue weighted by atomic mass is 10.2. The predicted molar refractivity (Wildman–Crippen MR) is 127 cm³/mol. The standard InChI is InChI=1S/C24H22N4O4S/c1-18-12-14-19(15-13-18)33(29,30)24-27-25-20-8-2-4-10-22(20)31-16-6-7-17-32-23-11-5-3-9-21(23)26-28-24/h2-15,25H,16-17H2,1H3/b7-6+,27-24+,28-26?. The van der Waals surface area contributed by atoms with E-state index in [1.54, 1.807) is 54.6 Å². The van der Waals surface area contributed by atoms with Crippen molar-refractivity contribution >= 4 is 26.4 Å². The smallest absolute Gasteiger partial charge is 0.289 e. The molecule has 0 saturated heterocycles. The number of hydrogen-bond donors (Lipinski definition) is 1. The summed E-state index contributed by atoms with van der Waals surface area (Å²) in [5, 5.41) is 11.7. The Balaban J connectivity index is 1.80. The van der Waals surface area contributed by atoms with E-state index in [0.29, 0.717) is 36.1 Å². The molecule has 8 nitrogen and oxygen atoms in total. The Bertz CT molecular complexity index is 1320. The number of hydrogen-bond acceptors (Lipinski definition) is 8. The summed E-state index contributed by atoms with van der Waals surface area (Å²) in [5.74, 6) is 0.971. The van der Waals surface area contributed by atoms with Gasteiger partial charge in [0.1, 0.15) is 30.4 Å². The molecule has 168 valence electrons. The minimum atomic E-state index is -4.06. The zero-order chi connectivity index (χ0) is 23.1.